The van der Waals surface area contributed by atoms with Crippen molar-refractivity contribution < 1.29 is 17.6 Å². The minimum Gasteiger partial charge on any atom is -0.293 e. The fourth-order valence-electron chi connectivity index (χ4n) is 2.58. The van der Waals surface area contributed by atoms with Gasteiger partial charge in [0, 0.05) is 6.20 Å². The SMILES string of the molecule is Cc1cnn(-c2cc(C)c(F)c(C(=O)CNS(=O)(=O)c3ccccc3)c2)c1. The Labute approximate surface area is 156 Å². The van der Waals surface area contributed by atoms with Crippen LogP contribution in [0.25, 0.3) is 5.69 Å². The number of aryl methyl sites for hydroxylation is 2. The topological polar surface area (TPSA) is 81.1 Å². The average Bonchev–Trinajstić information content (AvgIpc) is 3.09. The molecule has 6 nitrogen and oxygen atoms in total. The molecule has 0 unspecified atom stereocenters. The highest BCUT2D eigenvalue weighted by Gasteiger charge is 2.20. The van der Waals surface area contributed by atoms with Crippen molar-refractivity contribution in [1.82, 2.24) is 14.5 Å². The Morgan fingerprint density at radius 3 is 2.52 bits per heavy atom. The van der Waals surface area contributed by atoms with Crippen LogP contribution in [-0.4, -0.2) is 30.5 Å². The first-order chi connectivity index (χ1) is 12.8. The lowest BCUT2D eigenvalue weighted by molar-refractivity contribution is 0.0993. The zero-order valence-electron chi connectivity index (χ0n) is 14.8. The molecule has 1 heterocycles. The summed E-state index contributed by atoms with van der Waals surface area (Å²) in [5.41, 5.74) is 1.53. The third-order valence-electron chi connectivity index (χ3n) is 3.99. The summed E-state index contributed by atoms with van der Waals surface area (Å²) in [6, 6.07) is 10.6. The molecule has 0 aliphatic heterocycles. The van der Waals surface area contributed by atoms with Crippen LogP contribution in [0.4, 0.5) is 4.39 Å². The molecule has 0 spiro atoms. The van der Waals surface area contributed by atoms with Gasteiger partial charge in [-0.1, -0.05) is 18.2 Å². The maximum absolute atomic E-state index is 14.5. The van der Waals surface area contributed by atoms with E-state index in [0.717, 1.165) is 5.56 Å². The Balaban J connectivity index is 1.85. The van der Waals surface area contributed by atoms with Crippen LogP contribution in [0.3, 0.4) is 0 Å². The van der Waals surface area contributed by atoms with E-state index in [1.807, 2.05) is 6.92 Å². The van der Waals surface area contributed by atoms with Crippen molar-refractivity contribution >= 4 is 15.8 Å². The number of carbonyl (C=O) groups is 1. The molecule has 3 aromatic rings. The van der Waals surface area contributed by atoms with Gasteiger partial charge in [-0.05, 0) is 49.2 Å². The van der Waals surface area contributed by atoms with E-state index in [0.29, 0.717) is 5.69 Å². The molecule has 0 saturated heterocycles. The third-order valence-corrected chi connectivity index (χ3v) is 5.41. The Morgan fingerprint density at radius 1 is 1.19 bits per heavy atom. The van der Waals surface area contributed by atoms with Crippen LogP contribution in [0.15, 0.2) is 59.8 Å². The molecule has 0 fully saturated rings. The van der Waals surface area contributed by atoms with E-state index in [1.54, 1.807) is 43.6 Å². The van der Waals surface area contributed by atoms with Crippen LogP contribution in [-0.2, 0) is 10.0 Å². The number of carbonyl (C=O) groups excluding carboxylic acids is 1. The fraction of sp³-hybridized carbons (Fsp3) is 0.158. The summed E-state index contributed by atoms with van der Waals surface area (Å²) in [6.45, 7) is 2.86. The maximum atomic E-state index is 14.5. The van der Waals surface area contributed by atoms with E-state index in [4.69, 9.17) is 0 Å². The lowest BCUT2D eigenvalue weighted by Crippen LogP contribution is -2.30. The monoisotopic (exact) mass is 387 g/mol. The third kappa shape index (κ3) is 4.12. The van der Waals surface area contributed by atoms with Gasteiger partial charge in [-0.3, -0.25) is 4.79 Å². The van der Waals surface area contributed by atoms with Crippen LogP contribution >= 0.6 is 0 Å². The number of hydrogen-bond donors (Lipinski definition) is 1. The van der Waals surface area contributed by atoms with Gasteiger partial charge in [-0.25, -0.2) is 22.2 Å². The van der Waals surface area contributed by atoms with Crippen LogP contribution in [0.5, 0.6) is 0 Å². The number of aromatic nitrogens is 2. The lowest BCUT2D eigenvalue weighted by Gasteiger charge is -2.10. The first-order valence-corrected chi connectivity index (χ1v) is 9.66. The molecular weight excluding hydrogens is 369 g/mol. The molecule has 2 aromatic carbocycles. The van der Waals surface area contributed by atoms with Crippen molar-refractivity contribution in [3.8, 4) is 5.69 Å². The second kappa shape index (κ2) is 7.42. The van der Waals surface area contributed by atoms with Gasteiger partial charge in [0.15, 0.2) is 5.78 Å². The van der Waals surface area contributed by atoms with Crippen LogP contribution in [0.1, 0.15) is 21.5 Å². The maximum Gasteiger partial charge on any atom is 0.240 e. The molecule has 8 heteroatoms. The number of halogens is 1. The minimum atomic E-state index is -3.86. The highest BCUT2D eigenvalue weighted by atomic mass is 32.2. The Kier molecular flexibility index (Phi) is 5.20. The average molecular weight is 387 g/mol. The second-order valence-corrected chi connectivity index (χ2v) is 7.91. The van der Waals surface area contributed by atoms with Crippen molar-refractivity contribution in [2.24, 2.45) is 0 Å². The summed E-state index contributed by atoms with van der Waals surface area (Å²) in [5.74, 6) is -1.34. The van der Waals surface area contributed by atoms with Gasteiger partial charge in [-0.2, -0.15) is 5.10 Å². The van der Waals surface area contributed by atoms with Gasteiger partial charge in [0.2, 0.25) is 10.0 Å². The van der Waals surface area contributed by atoms with Gasteiger partial charge in [0.1, 0.15) is 5.82 Å². The van der Waals surface area contributed by atoms with Gasteiger partial charge in [0.05, 0.1) is 28.9 Å². The first kappa shape index (κ1) is 18.9. The van der Waals surface area contributed by atoms with Crippen molar-refractivity contribution in [1.29, 1.82) is 0 Å². The molecule has 0 aliphatic carbocycles. The molecule has 0 bridgehead atoms. The van der Waals surface area contributed by atoms with E-state index in [-0.39, 0.29) is 16.0 Å². The molecule has 3 rings (SSSR count). The number of benzene rings is 2. The number of ketones is 1. The summed E-state index contributed by atoms with van der Waals surface area (Å²) in [6.07, 6.45) is 3.40. The molecule has 0 atom stereocenters. The second-order valence-electron chi connectivity index (χ2n) is 6.15. The molecule has 0 aliphatic rings. The van der Waals surface area contributed by atoms with E-state index in [2.05, 4.69) is 9.82 Å². The summed E-state index contributed by atoms with van der Waals surface area (Å²) in [7, 11) is -3.86. The van der Waals surface area contributed by atoms with Crippen molar-refractivity contribution in [2.75, 3.05) is 6.54 Å². The summed E-state index contributed by atoms with van der Waals surface area (Å²) in [5, 5.41) is 4.15. The molecule has 27 heavy (non-hydrogen) atoms. The number of rotatable bonds is 6. The zero-order chi connectivity index (χ0) is 19.6. The van der Waals surface area contributed by atoms with Gasteiger partial charge in [-0.15, -0.1) is 0 Å². The highest BCUT2D eigenvalue weighted by Crippen LogP contribution is 2.19. The Morgan fingerprint density at radius 2 is 1.89 bits per heavy atom. The largest absolute Gasteiger partial charge is 0.293 e. The summed E-state index contributed by atoms with van der Waals surface area (Å²) in [4.78, 5) is 12.5. The molecule has 140 valence electrons. The van der Waals surface area contributed by atoms with E-state index in [1.165, 1.54) is 22.9 Å². The van der Waals surface area contributed by atoms with Crippen molar-refractivity contribution in [3.63, 3.8) is 0 Å². The predicted molar refractivity (Wildman–Crippen MR) is 99.0 cm³/mol. The van der Waals surface area contributed by atoms with Crippen LogP contribution in [0.2, 0.25) is 0 Å². The van der Waals surface area contributed by atoms with Gasteiger partial charge < -0.3 is 0 Å². The van der Waals surface area contributed by atoms with Crippen molar-refractivity contribution in [3.05, 3.63) is 77.4 Å². The van der Waals surface area contributed by atoms with Crippen LogP contribution in [0, 0.1) is 19.7 Å². The van der Waals surface area contributed by atoms with E-state index >= 15 is 0 Å². The number of Topliss-reactive ketones (excluding diaryl/α,β-unsaturated/α-hetero) is 1. The quantitative estimate of drug-likeness (QED) is 0.660. The molecule has 1 N–H and O–H groups in total. The molecule has 1 aromatic heterocycles. The number of nitrogens with zero attached hydrogens (tertiary/aromatic N) is 2. The van der Waals surface area contributed by atoms with E-state index in [9.17, 15) is 17.6 Å². The number of sulfonamides is 1. The number of hydrogen-bond acceptors (Lipinski definition) is 4. The summed E-state index contributed by atoms with van der Waals surface area (Å²) >= 11 is 0. The highest BCUT2D eigenvalue weighted by molar-refractivity contribution is 7.89. The fourth-order valence-corrected chi connectivity index (χ4v) is 3.58. The molecular formula is C19H18FN3O3S. The minimum absolute atomic E-state index is 0.0372. The molecule has 0 amide bonds. The van der Waals surface area contributed by atoms with Crippen LogP contribution < -0.4 is 4.72 Å². The smallest absolute Gasteiger partial charge is 0.240 e. The van der Waals surface area contributed by atoms with E-state index < -0.39 is 28.2 Å². The van der Waals surface area contributed by atoms with Gasteiger partial charge in [0.25, 0.3) is 0 Å². The summed E-state index contributed by atoms with van der Waals surface area (Å²) < 4.78 is 42.7. The van der Waals surface area contributed by atoms with Gasteiger partial charge >= 0.3 is 0 Å². The molecule has 0 saturated carbocycles. The van der Waals surface area contributed by atoms with Crippen molar-refractivity contribution in [2.45, 2.75) is 18.7 Å². The molecule has 0 radical (unpaired) electrons. The lowest BCUT2D eigenvalue weighted by atomic mass is 10.1. The normalized spacial score (nSPS) is 11.5. The first-order valence-electron chi connectivity index (χ1n) is 8.17. The number of nitrogens with one attached hydrogen (secondary N) is 1. The Hall–Kier alpha value is -2.84. The Bertz CT molecular complexity index is 1090. The predicted octanol–water partition coefficient (Wildman–Crippen LogP) is 2.79. The standard InChI is InChI=1S/C19H18FN3O3S/c1-13-10-21-23(12-13)15-8-14(2)19(20)17(9-15)18(24)11-22-27(25,26)16-6-4-3-5-7-16/h3-10,12,22H,11H2,1-2H3. The zero-order valence-corrected chi connectivity index (χ0v) is 15.6.